The molecule has 2 aromatic carbocycles. The van der Waals surface area contributed by atoms with Crippen LogP contribution in [0.3, 0.4) is 0 Å². The summed E-state index contributed by atoms with van der Waals surface area (Å²) in [4.78, 5) is 11.6. The van der Waals surface area contributed by atoms with Crippen LogP contribution in [0, 0.1) is 23.2 Å². The fourth-order valence-electron chi connectivity index (χ4n) is 7.40. The van der Waals surface area contributed by atoms with Crippen molar-refractivity contribution in [1.82, 2.24) is 0 Å². The fraction of sp³-hybridized carbons (Fsp3) is 0.536. The lowest BCUT2D eigenvalue weighted by molar-refractivity contribution is -0.0325. The van der Waals surface area contributed by atoms with E-state index in [1.54, 1.807) is 17.2 Å². The van der Waals surface area contributed by atoms with E-state index >= 15 is 0 Å². The first-order valence-corrected chi connectivity index (χ1v) is 13.7. The number of hydrogen-bond donors (Lipinski definition) is 2. The average molecular weight is 543 g/mol. The van der Waals surface area contributed by atoms with Gasteiger partial charge in [0.2, 0.25) is 5.91 Å². The van der Waals surface area contributed by atoms with Crippen LogP contribution in [0.2, 0.25) is 0 Å². The Morgan fingerprint density at radius 2 is 2.03 bits per heavy atom. The molecule has 6 atom stereocenters. The molecule has 4 heteroatoms. The van der Waals surface area contributed by atoms with E-state index in [2.05, 4.69) is 53.8 Å². The van der Waals surface area contributed by atoms with Gasteiger partial charge >= 0.3 is 0 Å². The number of alkyl halides is 1. The molecule has 170 valence electrons. The number of amides is 1. The molecular weight excluding hydrogens is 509 g/mol. The Morgan fingerprint density at radius 1 is 1.19 bits per heavy atom. The summed E-state index contributed by atoms with van der Waals surface area (Å²) in [6, 6.07) is 14.9. The van der Waals surface area contributed by atoms with Crippen molar-refractivity contribution in [3.05, 3.63) is 70.3 Å². The molecule has 2 fully saturated rings. The number of primary amides is 1. The first-order valence-electron chi connectivity index (χ1n) is 12.1. The Hall–Kier alpha value is -1.40. The zero-order valence-electron chi connectivity index (χ0n) is 18.9. The van der Waals surface area contributed by atoms with Crippen molar-refractivity contribution in [2.75, 3.05) is 4.43 Å². The van der Waals surface area contributed by atoms with Gasteiger partial charge in [0.25, 0.3) is 0 Å². The number of rotatable bonds is 5. The van der Waals surface area contributed by atoms with Crippen molar-refractivity contribution in [2.24, 2.45) is 28.9 Å². The second-order valence-corrected chi connectivity index (χ2v) is 11.7. The number of halogens is 1. The third-order valence-corrected chi connectivity index (χ3v) is 9.54. The SMILES string of the molecule is C[C@]12CCC3c4ccc(CCI)cc4CCC3C1C[C@H](Cc1cccc(C(N)=O)c1)[C@@H]2O. The van der Waals surface area contributed by atoms with Gasteiger partial charge in [-0.25, -0.2) is 0 Å². The molecule has 0 bridgehead atoms. The van der Waals surface area contributed by atoms with Crippen molar-refractivity contribution < 1.29 is 9.90 Å². The van der Waals surface area contributed by atoms with Crippen LogP contribution in [-0.4, -0.2) is 21.5 Å². The highest BCUT2D eigenvalue weighted by Crippen LogP contribution is 2.62. The van der Waals surface area contributed by atoms with E-state index in [0.717, 1.165) is 31.2 Å². The van der Waals surface area contributed by atoms with Gasteiger partial charge in [-0.05, 0) is 108 Å². The fourth-order valence-corrected chi connectivity index (χ4v) is 8.02. The van der Waals surface area contributed by atoms with Crippen molar-refractivity contribution in [2.45, 2.75) is 63.9 Å². The Morgan fingerprint density at radius 3 is 2.81 bits per heavy atom. The van der Waals surface area contributed by atoms with E-state index in [0.29, 0.717) is 23.3 Å². The summed E-state index contributed by atoms with van der Waals surface area (Å²) < 4.78 is 1.17. The molecule has 2 aromatic rings. The molecule has 3 nitrogen and oxygen atoms in total. The molecule has 3 aliphatic rings. The third kappa shape index (κ3) is 3.81. The van der Waals surface area contributed by atoms with Gasteiger partial charge in [0.15, 0.2) is 0 Å². The van der Waals surface area contributed by atoms with Gasteiger partial charge in [0.1, 0.15) is 0 Å². The lowest BCUT2D eigenvalue weighted by Gasteiger charge is -2.50. The van der Waals surface area contributed by atoms with Gasteiger partial charge in [0, 0.05) is 9.99 Å². The molecule has 2 saturated carbocycles. The van der Waals surface area contributed by atoms with Crippen LogP contribution in [0.15, 0.2) is 42.5 Å². The van der Waals surface area contributed by atoms with Crippen LogP contribution in [0.25, 0.3) is 0 Å². The van der Waals surface area contributed by atoms with Crippen molar-refractivity contribution >= 4 is 28.5 Å². The molecule has 1 amide bonds. The molecular formula is C28H34INO2. The zero-order valence-corrected chi connectivity index (χ0v) is 21.1. The Kier molecular flexibility index (Phi) is 6.12. The van der Waals surface area contributed by atoms with E-state index in [1.807, 2.05) is 12.1 Å². The maximum Gasteiger partial charge on any atom is 0.248 e. The summed E-state index contributed by atoms with van der Waals surface area (Å²) in [5, 5.41) is 11.5. The normalized spacial score (nSPS) is 33.3. The maximum atomic E-state index is 11.6. The highest BCUT2D eigenvalue weighted by atomic mass is 127. The second kappa shape index (κ2) is 8.75. The number of aliphatic hydroxyl groups excluding tert-OH is 1. The molecule has 0 saturated heterocycles. The van der Waals surface area contributed by atoms with Gasteiger partial charge in [-0.1, -0.05) is 59.8 Å². The lowest BCUT2D eigenvalue weighted by Crippen LogP contribution is -2.44. The number of nitrogens with two attached hydrogens (primary N) is 1. The monoisotopic (exact) mass is 543 g/mol. The summed E-state index contributed by atoms with van der Waals surface area (Å²) in [6.45, 7) is 2.34. The molecule has 3 unspecified atom stereocenters. The Labute approximate surface area is 205 Å². The predicted molar refractivity (Wildman–Crippen MR) is 137 cm³/mol. The first-order chi connectivity index (χ1) is 15.4. The van der Waals surface area contributed by atoms with Gasteiger partial charge in [-0.2, -0.15) is 0 Å². The maximum absolute atomic E-state index is 11.6. The quantitative estimate of drug-likeness (QED) is 0.389. The minimum atomic E-state index is -0.384. The Balaban J connectivity index is 1.38. The van der Waals surface area contributed by atoms with E-state index in [4.69, 9.17) is 5.73 Å². The summed E-state index contributed by atoms with van der Waals surface area (Å²) in [6.07, 6.45) is 7.52. The summed E-state index contributed by atoms with van der Waals surface area (Å²) in [5.74, 6) is 1.76. The van der Waals surface area contributed by atoms with Gasteiger partial charge in [-0.15, -0.1) is 0 Å². The number of fused-ring (bicyclic) bond motifs is 5. The van der Waals surface area contributed by atoms with Gasteiger partial charge < -0.3 is 10.8 Å². The topological polar surface area (TPSA) is 63.3 Å². The van der Waals surface area contributed by atoms with Crippen LogP contribution in [0.4, 0.5) is 0 Å². The standard InChI is InChI=1S/C28H34INO2/c1-28-11-9-23-22-7-5-17(10-12-29)13-19(22)6-8-24(23)25(28)16-21(26(28)31)15-18-3-2-4-20(14-18)27(30)32/h2-5,7,13-14,21,23-26,31H,6,8-12,15-16H2,1H3,(H2,30,32)/t21-,23?,24?,25?,26-,28-/m0/s1. The van der Waals surface area contributed by atoms with E-state index in [-0.39, 0.29) is 23.3 Å². The number of aliphatic hydroxyl groups is 1. The van der Waals surface area contributed by atoms with Crippen molar-refractivity contribution in [3.63, 3.8) is 0 Å². The molecule has 5 rings (SSSR count). The summed E-state index contributed by atoms with van der Waals surface area (Å²) in [5.41, 5.74) is 11.8. The Bertz CT molecular complexity index is 1020. The number of carbonyl (C=O) groups excluding carboxylic acids is 1. The van der Waals surface area contributed by atoms with Crippen molar-refractivity contribution in [1.29, 1.82) is 0 Å². The van der Waals surface area contributed by atoms with Crippen LogP contribution in [0.1, 0.15) is 71.1 Å². The number of benzene rings is 2. The second-order valence-electron chi connectivity index (χ2n) is 10.6. The third-order valence-electron chi connectivity index (χ3n) is 9.00. The average Bonchev–Trinajstić information content (AvgIpc) is 3.04. The molecule has 0 heterocycles. The molecule has 32 heavy (non-hydrogen) atoms. The molecule has 3 aliphatic carbocycles. The number of hydrogen-bond acceptors (Lipinski definition) is 2. The molecule has 0 aromatic heterocycles. The minimum absolute atomic E-state index is 0.00574. The largest absolute Gasteiger partial charge is 0.392 e. The first kappa shape index (κ1) is 22.4. The highest BCUT2D eigenvalue weighted by molar-refractivity contribution is 14.1. The van der Waals surface area contributed by atoms with E-state index < -0.39 is 0 Å². The predicted octanol–water partition coefficient (Wildman–Crippen LogP) is 5.45. The van der Waals surface area contributed by atoms with E-state index in [9.17, 15) is 9.90 Å². The zero-order chi connectivity index (χ0) is 22.5. The highest BCUT2D eigenvalue weighted by Gasteiger charge is 2.57. The van der Waals surface area contributed by atoms with Crippen LogP contribution < -0.4 is 5.73 Å². The number of carbonyl (C=O) groups is 1. The van der Waals surface area contributed by atoms with Crippen LogP contribution in [0.5, 0.6) is 0 Å². The summed E-state index contributed by atoms with van der Waals surface area (Å²) >= 11 is 2.46. The van der Waals surface area contributed by atoms with E-state index in [1.165, 1.54) is 29.3 Å². The number of aryl methyl sites for hydroxylation is 2. The smallest absolute Gasteiger partial charge is 0.248 e. The van der Waals surface area contributed by atoms with Crippen LogP contribution in [-0.2, 0) is 19.3 Å². The van der Waals surface area contributed by atoms with Gasteiger partial charge in [0.05, 0.1) is 6.10 Å². The van der Waals surface area contributed by atoms with Gasteiger partial charge in [-0.3, -0.25) is 4.79 Å². The summed E-state index contributed by atoms with van der Waals surface area (Å²) in [7, 11) is 0. The van der Waals surface area contributed by atoms with Crippen LogP contribution >= 0.6 is 22.6 Å². The molecule has 0 spiro atoms. The molecule has 0 radical (unpaired) electrons. The van der Waals surface area contributed by atoms with Crippen molar-refractivity contribution in [3.8, 4) is 0 Å². The molecule has 3 N–H and O–H groups in total. The lowest BCUT2D eigenvalue weighted by atomic mass is 9.55. The molecule has 0 aliphatic heterocycles. The minimum Gasteiger partial charge on any atom is -0.392 e.